The van der Waals surface area contributed by atoms with E-state index in [1.165, 1.54) is 32.1 Å². The summed E-state index contributed by atoms with van der Waals surface area (Å²) in [4.78, 5) is 16.8. The van der Waals surface area contributed by atoms with E-state index >= 15 is 0 Å². The highest BCUT2D eigenvalue weighted by Crippen LogP contribution is 2.32. The molecule has 2 rings (SSSR count). The Morgan fingerprint density at radius 2 is 2.00 bits per heavy atom. The SMILES string of the molecule is CCOC(=O)c1ccc(C2CCCCC2)nc1C(C)C. The van der Waals surface area contributed by atoms with Crippen LogP contribution in [0.1, 0.15) is 86.5 Å². The number of hydrogen-bond donors (Lipinski definition) is 0. The Hall–Kier alpha value is -1.38. The molecule has 1 aromatic heterocycles. The zero-order valence-corrected chi connectivity index (χ0v) is 12.8. The van der Waals surface area contributed by atoms with E-state index in [9.17, 15) is 4.79 Å². The van der Waals surface area contributed by atoms with Gasteiger partial charge in [0.25, 0.3) is 0 Å². The van der Waals surface area contributed by atoms with Crippen molar-refractivity contribution in [1.29, 1.82) is 0 Å². The average Bonchev–Trinajstić information content (AvgIpc) is 2.47. The van der Waals surface area contributed by atoms with E-state index in [-0.39, 0.29) is 11.9 Å². The van der Waals surface area contributed by atoms with E-state index in [0.717, 1.165) is 11.4 Å². The summed E-state index contributed by atoms with van der Waals surface area (Å²) in [6.07, 6.45) is 6.38. The third-order valence-corrected chi connectivity index (χ3v) is 4.01. The van der Waals surface area contributed by atoms with Crippen LogP contribution in [-0.2, 0) is 4.74 Å². The van der Waals surface area contributed by atoms with Crippen LogP contribution >= 0.6 is 0 Å². The van der Waals surface area contributed by atoms with Crippen LogP contribution in [0.5, 0.6) is 0 Å². The second-order valence-electron chi connectivity index (χ2n) is 5.88. The fourth-order valence-electron chi connectivity index (χ4n) is 2.94. The largest absolute Gasteiger partial charge is 0.462 e. The molecule has 1 aliphatic rings. The first-order chi connectivity index (χ1) is 9.63. The van der Waals surface area contributed by atoms with Gasteiger partial charge in [0.1, 0.15) is 0 Å². The van der Waals surface area contributed by atoms with E-state index in [0.29, 0.717) is 18.1 Å². The van der Waals surface area contributed by atoms with Gasteiger partial charge in [-0.05, 0) is 37.8 Å². The Labute approximate surface area is 121 Å². The molecule has 0 bridgehead atoms. The van der Waals surface area contributed by atoms with E-state index in [2.05, 4.69) is 13.8 Å². The lowest BCUT2D eigenvalue weighted by molar-refractivity contribution is 0.0524. The van der Waals surface area contributed by atoms with Crippen molar-refractivity contribution in [3.63, 3.8) is 0 Å². The van der Waals surface area contributed by atoms with Crippen molar-refractivity contribution in [3.05, 3.63) is 29.1 Å². The van der Waals surface area contributed by atoms with Crippen LogP contribution in [0.4, 0.5) is 0 Å². The van der Waals surface area contributed by atoms with Gasteiger partial charge in [0.2, 0.25) is 0 Å². The molecular formula is C17H25NO2. The zero-order chi connectivity index (χ0) is 14.5. The van der Waals surface area contributed by atoms with Crippen molar-refractivity contribution in [1.82, 2.24) is 4.98 Å². The Morgan fingerprint density at radius 3 is 2.60 bits per heavy atom. The minimum absolute atomic E-state index is 0.234. The van der Waals surface area contributed by atoms with Gasteiger partial charge in [-0.2, -0.15) is 0 Å². The summed E-state index contributed by atoms with van der Waals surface area (Å²) in [5.41, 5.74) is 2.66. The average molecular weight is 275 g/mol. The van der Waals surface area contributed by atoms with Gasteiger partial charge in [0.05, 0.1) is 17.9 Å². The van der Waals surface area contributed by atoms with Crippen LogP contribution in [0.3, 0.4) is 0 Å². The molecule has 0 radical (unpaired) electrons. The fourth-order valence-corrected chi connectivity index (χ4v) is 2.94. The maximum atomic E-state index is 12.0. The molecule has 1 saturated carbocycles. The Balaban J connectivity index is 2.29. The number of carbonyl (C=O) groups excluding carboxylic acids is 1. The number of carbonyl (C=O) groups is 1. The highest BCUT2D eigenvalue weighted by molar-refractivity contribution is 5.90. The molecular weight excluding hydrogens is 250 g/mol. The number of nitrogens with zero attached hydrogens (tertiary/aromatic N) is 1. The van der Waals surface area contributed by atoms with E-state index < -0.39 is 0 Å². The van der Waals surface area contributed by atoms with Gasteiger partial charge in [-0.15, -0.1) is 0 Å². The molecule has 3 nitrogen and oxygen atoms in total. The predicted molar refractivity (Wildman–Crippen MR) is 80.1 cm³/mol. The smallest absolute Gasteiger partial charge is 0.339 e. The van der Waals surface area contributed by atoms with Crippen LogP contribution in [0.15, 0.2) is 12.1 Å². The van der Waals surface area contributed by atoms with Gasteiger partial charge < -0.3 is 4.74 Å². The first-order valence-corrected chi connectivity index (χ1v) is 7.81. The lowest BCUT2D eigenvalue weighted by Gasteiger charge is -2.22. The summed E-state index contributed by atoms with van der Waals surface area (Å²) >= 11 is 0. The molecule has 20 heavy (non-hydrogen) atoms. The zero-order valence-electron chi connectivity index (χ0n) is 12.8. The van der Waals surface area contributed by atoms with Gasteiger partial charge in [-0.1, -0.05) is 33.1 Å². The van der Waals surface area contributed by atoms with Crippen molar-refractivity contribution in [2.75, 3.05) is 6.61 Å². The van der Waals surface area contributed by atoms with Gasteiger partial charge >= 0.3 is 5.97 Å². The van der Waals surface area contributed by atoms with Crippen LogP contribution < -0.4 is 0 Å². The third-order valence-electron chi connectivity index (χ3n) is 4.01. The minimum atomic E-state index is -0.251. The molecule has 3 heteroatoms. The summed E-state index contributed by atoms with van der Waals surface area (Å²) in [6, 6.07) is 3.93. The Morgan fingerprint density at radius 1 is 1.30 bits per heavy atom. The molecule has 0 aromatic carbocycles. The second-order valence-corrected chi connectivity index (χ2v) is 5.88. The number of pyridine rings is 1. The minimum Gasteiger partial charge on any atom is -0.462 e. The normalized spacial score (nSPS) is 16.4. The molecule has 0 unspecified atom stereocenters. The number of hydrogen-bond acceptors (Lipinski definition) is 3. The summed E-state index contributed by atoms with van der Waals surface area (Å²) in [5.74, 6) is 0.550. The number of ether oxygens (including phenoxy) is 1. The monoisotopic (exact) mass is 275 g/mol. The van der Waals surface area contributed by atoms with Crippen LogP contribution in [-0.4, -0.2) is 17.6 Å². The van der Waals surface area contributed by atoms with E-state index in [1.54, 1.807) is 0 Å². The van der Waals surface area contributed by atoms with Crippen LogP contribution in [0.25, 0.3) is 0 Å². The topological polar surface area (TPSA) is 39.2 Å². The summed E-state index contributed by atoms with van der Waals surface area (Å²) in [7, 11) is 0. The third kappa shape index (κ3) is 3.38. The standard InChI is InChI=1S/C17H25NO2/c1-4-20-17(19)14-10-11-15(18-16(14)12(2)3)13-8-6-5-7-9-13/h10-13H,4-9H2,1-3H3. The van der Waals surface area contributed by atoms with Crippen molar-refractivity contribution < 1.29 is 9.53 Å². The number of esters is 1. The Bertz CT molecular complexity index is 462. The van der Waals surface area contributed by atoms with E-state index in [4.69, 9.17) is 9.72 Å². The lowest BCUT2D eigenvalue weighted by Crippen LogP contribution is -2.14. The highest BCUT2D eigenvalue weighted by atomic mass is 16.5. The van der Waals surface area contributed by atoms with Crippen molar-refractivity contribution >= 4 is 5.97 Å². The molecule has 1 fully saturated rings. The first-order valence-electron chi connectivity index (χ1n) is 7.81. The molecule has 0 aliphatic heterocycles. The number of rotatable bonds is 4. The van der Waals surface area contributed by atoms with Crippen LogP contribution in [0, 0.1) is 0 Å². The molecule has 0 atom stereocenters. The number of aromatic nitrogens is 1. The van der Waals surface area contributed by atoms with Gasteiger partial charge in [-0.25, -0.2) is 4.79 Å². The van der Waals surface area contributed by atoms with Gasteiger partial charge in [0.15, 0.2) is 0 Å². The van der Waals surface area contributed by atoms with Gasteiger partial charge in [0, 0.05) is 11.6 Å². The Kier molecular flexibility index (Phi) is 5.16. The van der Waals surface area contributed by atoms with Crippen molar-refractivity contribution in [2.45, 2.75) is 64.7 Å². The molecule has 110 valence electrons. The van der Waals surface area contributed by atoms with E-state index in [1.807, 2.05) is 19.1 Å². The second kappa shape index (κ2) is 6.87. The highest BCUT2D eigenvalue weighted by Gasteiger charge is 2.21. The molecule has 0 saturated heterocycles. The molecule has 0 N–H and O–H groups in total. The van der Waals surface area contributed by atoms with Gasteiger partial charge in [-0.3, -0.25) is 4.98 Å². The van der Waals surface area contributed by atoms with Crippen LogP contribution in [0.2, 0.25) is 0 Å². The molecule has 0 amide bonds. The molecule has 0 spiro atoms. The molecule has 1 aliphatic carbocycles. The fraction of sp³-hybridized carbons (Fsp3) is 0.647. The maximum Gasteiger partial charge on any atom is 0.339 e. The van der Waals surface area contributed by atoms with Crippen molar-refractivity contribution in [3.8, 4) is 0 Å². The lowest BCUT2D eigenvalue weighted by atomic mass is 9.86. The molecule has 1 aromatic rings. The summed E-state index contributed by atoms with van der Waals surface area (Å²) in [6.45, 7) is 6.39. The summed E-state index contributed by atoms with van der Waals surface area (Å²) < 4.78 is 5.13. The predicted octanol–water partition coefficient (Wildman–Crippen LogP) is 4.43. The maximum absolute atomic E-state index is 12.0. The van der Waals surface area contributed by atoms with Crippen molar-refractivity contribution in [2.24, 2.45) is 0 Å². The summed E-state index contributed by atoms with van der Waals surface area (Å²) in [5, 5.41) is 0. The quantitative estimate of drug-likeness (QED) is 0.763. The first kappa shape index (κ1) is 15.0. The molecule has 1 heterocycles.